The van der Waals surface area contributed by atoms with Crippen molar-refractivity contribution in [1.29, 1.82) is 0 Å². The molecule has 0 radical (unpaired) electrons. The quantitative estimate of drug-likeness (QED) is 0.905. The van der Waals surface area contributed by atoms with E-state index in [0.717, 1.165) is 18.7 Å². The van der Waals surface area contributed by atoms with Crippen LogP contribution in [0.1, 0.15) is 39.7 Å². The number of ether oxygens (including phenoxy) is 2. The monoisotopic (exact) mass is 263 g/mol. The molecule has 1 fully saturated rings. The maximum atomic E-state index is 6.10. The van der Waals surface area contributed by atoms with Crippen LogP contribution < -0.4 is 10.1 Å². The average molecular weight is 263 g/mol. The summed E-state index contributed by atoms with van der Waals surface area (Å²) < 4.78 is 11.5. The summed E-state index contributed by atoms with van der Waals surface area (Å²) in [4.78, 5) is 0. The molecule has 3 heteroatoms. The van der Waals surface area contributed by atoms with Crippen LogP contribution in [0.3, 0.4) is 0 Å². The molecule has 0 bridgehead atoms. The van der Waals surface area contributed by atoms with Gasteiger partial charge in [0.15, 0.2) is 0 Å². The maximum Gasteiger partial charge on any atom is 0.123 e. The van der Waals surface area contributed by atoms with Gasteiger partial charge in [-0.1, -0.05) is 18.2 Å². The molecule has 1 saturated heterocycles. The van der Waals surface area contributed by atoms with Gasteiger partial charge in [-0.05, 0) is 40.2 Å². The molecule has 1 heterocycles. The Morgan fingerprint density at radius 1 is 1.26 bits per heavy atom. The summed E-state index contributed by atoms with van der Waals surface area (Å²) >= 11 is 0. The molecule has 1 N–H and O–H groups in total. The summed E-state index contributed by atoms with van der Waals surface area (Å²) in [5, 5.41) is 3.61. The summed E-state index contributed by atoms with van der Waals surface area (Å²) in [5.41, 5.74) is 0.999. The van der Waals surface area contributed by atoms with E-state index in [1.807, 2.05) is 18.2 Å². The molecule has 0 saturated carbocycles. The van der Waals surface area contributed by atoms with Crippen LogP contribution in [0, 0.1) is 0 Å². The predicted molar refractivity (Wildman–Crippen MR) is 77.5 cm³/mol. The van der Waals surface area contributed by atoms with Gasteiger partial charge in [0, 0.05) is 18.2 Å². The van der Waals surface area contributed by atoms with Crippen molar-refractivity contribution in [2.75, 3.05) is 7.11 Å². The maximum absolute atomic E-state index is 6.10. The van der Waals surface area contributed by atoms with E-state index in [1.165, 1.54) is 5.56 Å². The predicted octanol–water partition coefficient (Wildman–Crippen LogP) is 3.13. The third-order valence-corrected chi connectivity index (χ3v) is 3.81. The molecule has 1 aliphatic rings. The van der Waals surface area contributed by atoms with Crippen LogP contribution in [0.4, 0.5) is 0 Å². The highest BCUT2D eigenvalue weighted by Gasteiger charge is 2.45. The smallest absolute Gasteiger partial charge is 0.123 e. The number of para-hydroxylation sites is 1. The standard InChI is InChI=1S/C16H25NO2/c1-15(2)10-14(16(3,4)19-15)17-11-12-8-6-7-9-13(12)18-5/h6-9,14,17H,10-11H2,1-5H3. The first-order valence-corrected chi connectivity index (χ1v) is 6.89. The third kappa shape index (κ3) is 3.28. The SMILES string of the molecule is COc1ccccc1CNC1CC(C)(C)OC1(C)C. The van der Waals surface area contributed by atoms with Gasteiger partial charge in [0.1, 0.15) is 5.75 Å². The molecule has 1 atom stereocenters. The van der Waals surface area contributed by atoms with Gasteiger partial charge in [-0.2, -0.15) is 0 Å². The molecule has 19 heavy (non-hydrogen) atoms. The summed E-state index contributed by atoms with van der Waals surface area (Å²) in [6.45, 7) is 9.42. The third-order valence-electron chi connectivity index (χ3n) is 3.81. The number of methoxy groups -OCH3 is 1. The first kappa shape index (κ1) is 14.4. The van der Waals surface area contributed by atoms with Crippen molar-refractivity contribution in [3.05, 3.63) is 29.8 Å². The highest BCUT2D eigenvalue weighted by molar-refractivity contribution is 5.33. The molecular weight excluding hydrogens is 238 g/mol. The zero-order chi connectivity index (χ0) is 14.1. The Morgan fingerprint density at radius 3 is 2.53 bits per heavy atom. The van der Waals surface area contributed by atoms with E-state index < -0.39 is 0 Å². The lowest BCUT2D eigenvalue weighted by Gasteiger charge is -2.28. The highest BCUT2D eigenvalue weighted by atomic mass is 16.5. The van der Waals surface area contributed by atoms with Gasteiger partial charge >= 0.3 is 0 Å². The van der Waals surface area contributed by atoms with Crippen molar-refractivity contribution in [3.8, 4) is 5.75 Å². The minimum absolute atomic E-state index is 0.0536. The fourth-order valence-electron chi connectivity index (χ4n) is 2.96. The first-order valence-electron chi connectivity index (χ1n) is 6.89. The van der Waals surface area contributed by atoms with Crippen molar-refractivity contribution < 1.29 is 9.47 Å². The lowest BCUT2D eigenvalue weighted by Crippen LogP contribution is -2.42. The van der Waals surface area contributed by atoms with Gasteiger partial charge in [-0.15, -0.1) is 0 Å². The molecule has 3 nitrogen and oxygen atoms in total. The lowest BCUT2D eigenvalue weighted by molar-refractivity contribution is -0.0699. The van der Waals surface area contributed by atoms with Crippen molar-refractivity contribution in [3.63, 3.8) is 0 Å². The van der Waals surface area contributed by atoms with Gasteiger partial charge in [0.2, 0.25) is 0 Å². The van der Waals surface area contributed by atoms with E-state index in [-0.39, 0.29) is 11.2 Å². The second kappa shape index (κ2) is 5.14. The molecule has 0 aromatic heterocycles. The Morgan fingerprint density at radius 2 is 1.95 bits per heavy atom. The van der Waals surface area contributed by atoms with E-state index in [9.17, 15) is 0 Å². The Bertz CT molecular complexity index is 440. The van der Waals surface area contributed by atoms with E-state index in [1.54, 1.807) is 7.11 Å². The lowest BCUT2D eigenvalue weighted by atomic mass is 9.94. The number of hydrogen-bond acceptors (Lipinski definition) is 3. The van der Waals surface area contributed by atoms with Crippen LogP contribution in [-0.2, 0) is 11.3 Å². The Balaban J connectivity index is 2.03. The summed E-state index contributed by atoms with van der Waals surface area (Å²) in [6.07, 6.45) is 1.02. The molecule has 2 rings (SSSR count). The first-order chi connectivity index (χ1) is 8.84. The molecule has 1 aliphatic heterocycles. The Hall–Kier alpha value is -1.06. The van der Waals surface area contributed by atoms with Crippen LogP contribution in [-0.4, -0.2) is 24.4 Å². The zero-order valence-electron chi connectivity index (χ0n) is 12.6. The Kier molecular flexibility index (Phi) is 3.88. The molecule has 0 amide bonds. The van der Waals surface area contributed by atoms with Gasteiger partial charge in [0.05, 0.1) is 18.3 Å². The van der Waals surface area contributed by atoms with Crippen molar-refractivity contribution in [2.24, 2.45) is 0 Å². The topological polar surface area (TPSA) is 30.5 Å². The molecule has 1 aromatic rings. The van der Waals surface area contributed by atoms with Crippen LogP contribution in [0.15, 0.2) is 24.3 Å². The van der Waals surface area contributed by atoms with Crippen molar-refractivity contribution in [1.82, 2.24) is 5.32 Å². The van der Waals surface area contributed by atoms with Crippen LogP contribution in [0.25, 0.3) is 0 Å². The van der Waals surface area contributed by atoms with Gasteiger partial charge in [-0.3, -0.25) is 0 Å². The molecular formula is C16H25NO2. The molecule has 1 aromatic carbocycles. The highest BCUT2D eigenvalue weighted by Crippen LogP contribution is 2.37. The fraction of sp³-hybridized carbons (Fsp3) is 0.625. The number of rotatable bonds is 4. The van der Waals surface area contributed by atoms with Gasteiger partial charge in [0.25, 0.3) is 0 Å². The second-order valence-corrected chi connectivity index (χ2v) is 6.41. The van der Waals surface area contributed by atoms with Gasteiger partial charge in [-0.25, -0.2) is 0 Å². The van der Waals surface area contributed by atoms with Crippen LogP contribution in [0.5, 0.6) is 5.75 Å². The van der Waals surface area contributed by atoms with Crippen LogP contribution >= 0.6 is 0 Å². The number of hydrogen-bond donors (Lipinski definition) is 1. The normalized spacial score (nSPS) is 24.4. The number of nitrogens with one attached hydrogen (secondary N) is 1. The zero-order valence-corrected chi connectivity index (χ0v) is 12.6. The molecule has 0 aliphatic carbocycles. The summed E-state index contributed by atoms with van der Waals surface area (Å²) in [6, 6.07) is 8.48. The average Bonchev–Trinajstić information content (AvgIpc) is 2.54. The largest absolute Gasteiger partial charge is 0.496 e. The molecule has 0 spiro atoms. The molecule has 1 unspecified atom stereocenters. The van der Waals surface area contributed by atoms with E-state index in [0.29, 0.717) is 6.04 Å². The van der Waals surface area contributed by atoms with Crippen molar-refractivity contribution >= 4 is 0 Å². The van der Waals surface area contributed by atoms with E-state index in [4.69, 9.17) is 9.47 Å². The van der Waals surface area contributed by atoms with E-state index in [2.05, 4.69) is 39.1 Å². The summed E-state index contributed by atoms with van der Waals surface area (Å²) in [5.74, 6) is 0.936. The number of benzene rings is 1. The Labute approximate surface area is 116 Å². The summed E-state index contributed by atoms with van der Waals surface area (Å²) in [7, 11) is 1.71. The minimum atomic E-state index is -0.133. The second-order valence-electron chi connectivity index (χ2n) is 6.41. The van der Waals surface area contributed by atoms with Crippen LogP contribution in [0.2, 0.25) is 0 Å². The van der Waals surface area contributed by atoms with E-state index >= 15 is 0 Å². The molecule has 106 valence electrons. The van der Waals surface area contributed by atoms with Gasteiger partial charge < -0.3 is 14.8 Å². The van der Waals surface area contributed by atoms with Crippen molar-refractivity contribution in [2.45, 2.75) is 57.9 Å². The fourth-order valence-corrected chi connectivity index (χ4v) is 2.96. The minimum Gasteiger partial charge on any atom is -0.496 e.